The van der Waals surface area contributed by atoms with Crippen LogP contribution in [0.3, 0.4) is 0 Å². The first-order valence-corrected chi connectivity index (χ1v) is 19.8. The highest BCUT2D eigenvalue weighted by molar-refractivity contribution is 7.26. The molecule has 0 saturated heterocycles. The smallest absolute Gasteiger partial charge is 0.0433 e. The van der Waals surface area contributed by atoms with E-state index < -0.39 is 0 Å². The predicted octanol–water partition coefficient (Wildman–Crippen LogP) is 16.0. The number of benzene rings is 10. The van der Waals surface area contributed by atoms with Gasteiger partial charge in [0.15, 0.2) is 0 Å². The highest BCUT2D eigenvalue weighted by Crippen LogP contribution is 2.47. The van der Waals surface area contributed by atoms with E-state index in [4.69, 9.17) is 0 Å². The first kappa shape index (κ1) is 30.6. The Balaban J connectivity index is 1.26. The summed E-state index contributed by atoms with van der Waals surface area (Å²) in [5.74, 6) is 0. The Morgan fingerprint density at radius 2 is 0.655 bits per heavy atom. The maximum atomic E-state index is 2.47. The zero-order chi connectivity index (χ0) is 36.0. The molecular formula is C54H32S. The molecule has 0 N–H and O–H groups in total. The van der Waals surface area contributed by atoms with E-state index in [0.717, 1.165) is 0 Å². The van der Waals surface area contributed by atoms with Crippen molar-refractivity contribution >= 4 is 96.1 Å². The molecule has 1 heteroatoms. The van der Waals surface area contributed by atoms with Crippen molar-refractivity contribution in [3.05, 3.63) is 194 Å². The van der Waals surface area contributed by atoms with Gasteiger partial charge in [-0.1, -0.05) is 170 Å². The molecule has 0 saturated carbocycles. The fraction of sp³-hybridized carbons (Fsp3) is 0. The van der Waals surface area contributed by atoms with Crippen LogP contribution in [0.1, 0.15) is 0 Å². The van der Waals surface area contributed by atoms with Gasteiger partial charge in [0.25, 0.3) is 0 Å². The molecule has 0 radical (unpaired) electrons. The van der Waals surface area contributed by atoms with E-state index in [9.17, 15) is 0 Å². The number of rotatable bonds is 3. The largest absolute Gasteiger partial charge is 0.135 e. The van der Waals surface area contributed by atoms with Crippen molar-refractivity contribution in [1.29, 1.82) is 0 Å². The summed E-state index contributed by atoms with van der Waals surface area (Å²) >= 11 is 1.90. The quantitative estimate of drug-likeness (QED) is 0.160. The summed E-state index contributed by atoms with van der Waals surface area (Å²) in [5.41, 5.74) is 7.44. The van der Waals surface area contributed by atoms with Gasteiger partial charge in [-0.05, 0) is 122 Å². The summed E-state index contributed by atoms with van der Waals surface area (Å²) in [6, 6.07) is 72.4. The van der Waals surface area contributed by atoms with Gasteiger partial charge < -0.3 is 0 Å². The Kier molecular flexibility index (Phi) is 6.60. The lowest BCUT2D eigenvalue weighted by molar-refractivity contribution is 1.65. The summed E-state index contributed by atoms with van der Waals surface area (Å²) in [4.78, 5) is 0. The van der Waals surface area contributed by atoms with Crippen LogP contribution < -0.4 is 0 Å². The van der Waals surface area contributed by atoms with Gasteiger partial charge in [-0.3, -0.25) is 0 Å². The lowest BCUT2D eigenvalue weighted by Gasteiger charge is -2.18. The van der Waals surface area contributed by atoms with E-state index in [-0.39, 0.29) is 0 Å². The molecule has 0 spiro atoms. The first-order chi connectivity index (χ1) is 27.3. The van der Waals surface area contributed by atoms with Crippen LogP contribution in [0.25, 0.3) is 118 Å². The van der Waals surface area contributed by atoms with Gasteiger partial charge in [0.1, 0.15) is 0 Å². The van der Waals surface area contributed by atoms with Crippen LogP contribution in [-0.2, 0) is 0 Å². The fourth-order valence-electron chi connectivity index (χ4n) is 9.31. The van der Waals surface area contributed by atoms with Crippen LogP contribution in [0.4, 0.5) is 0 Å². The molecule has 12 rings (SSSR count). The number of hydrogen-bond acceptors (Lipinski definition) is 1. The van der Waals surface area contributed by atoms with Crippen LogP contribution in [0.5, 0.6) is 0 Å². The lowest BCUT2D eigenvalue weighted by atomic mass is 9.85. The molecule has 0 atom stereocenters. The monoisotopic (exact) mass is 712 g/mol. The van der Waals surface area contributed by atoms with Gasteiger partial charge in [0, 0.05) is 20.2 Å². The second kappa shape index (κ2) is 11.9. The summed E-state index contributed by atoms with van der Waals surface area (Å²) in [5, 5.41) is 18.1. The average Bonchev–Trinajstić information content (AvgIpc) is 3.65. The van der Waals surface area contributed by atoms with Crippen LogP contribution in [0, 0.1) is 0 Å². The van der Waals surface area contributed by atoms with Crippen molar-refractivity contribution in [1.82, 2.24) is 0 Å². The van der Waals surface area contributed by atoms with Crippen molar-refractivity contribution in [3.8, 4) is 33.4 Å². The van der Waals surface area contributed by atoms with Gasteiger partial charge in [0.2, 0.25) is 0 Å². The Morgan fingerprint density at radius 1 is 0.236 bits per heavy atom. The second-order valence-electron chi connectivity index (χ2n) is 14.7. The van der Waals surface area contributed by atoms with Crippen LogP contribution in [0.2, 0.25) is 0 Å². The van der Waals surface area contributed by atoms with E-state index in [2.05, 4.69) is 194 Å². The highest BCUT2D eigenvalue weighted by Gasteiger charge is 2.18. The van der Waals surface area contributed by atoms with E-state index in [1.165, 1.54) is 118 Å². The second-order valence-corrected chi connectivity index (χ2v) is 15.8. The minimum atomic E-state index is 1.22. The lowest BCUT2D eigenvalue weighted by Crippen LogP contribution is -1.90. The average molecular weight is 713 g/mol. The third-order valence-corrected chi connectivity index (χ3v) is 13.0. The Bertz CT molecular complexity index is 3520. The Labute approximate surface area is 322 Å². The van der Waals surface area contributed by atoms with E-state index in [1.54, 1.807) is 0 Å². The van der Waals surface area contributed by atoms with Gasteiger partial charge >= 0.3 is 0 Å². The minimum Gasteiger partial charge on any atom is -0.135 e. The summed E-state index contributed by atoms with van der Waals surface area (Å²) < 4.78 is 2.67. The normalized spacial score (nSPS) is 12.0. The molecular weight excluding hydrogens is 681 g/mol. The molecule has 12 aromatic rings. The zero-order valence-corrected chi connectivity index (χ0v) is 30.7. The molecule has 0 nitrogen and oxygen atoms in total. The molecule has 11 aromatic carbocycles. The summed E-state index contributed by atoms with van der Waals surface area (Å²) in [6.07, 6.45) is 0. The SMILES string of the molecule is c1ccc(-c2ccc3c(c2)c2cc(-c4cccc5c4sc4ccccc45)ccc2c2cccc4c5ccc(-c6ccccc6)cc5c5cccc3c5c24)cc1. The van der Waals surface area contributed by atoms with Gasteiger partial charge in [-0.15, -0.1) is 11.3 Å². The van der Waals surface area contributed by atoms with Crippen LogP contribution in [-0.4, -0.2) is 0 Å². The van der Waals surface area contributed by atoms with E-state index >= 15 is 0 Å². The molecule has 55 heavy (non-hydrogen) atoms. The van der Waals surface area contributed by atoms with E-state index in [0.29, 0.717) is 0 Å². The van der Waals surface area contributed by atoms with Crippen LogP contribution in [0.15, 0.2) is 194 Å². The number of hydrogen-bond donors (Lipinski definition) is 0. The maximum Gasteiger partial charge on any atom is 0.0433 e. The molecule has 0 fully saturated rings. The van der Waals surface area contributed by atoms with Crippen molar-refractivity contribution < 1.29 is 0 Å². The standard InChI is InChI=1S/C54H32S/c1-3-12-33(13-4-1)35-24-27-39-43-18-10-19-44-41-29-26-37(38-17-9-22-47-42-16-7-8-23-51(42)55-54(38)47)32-50(41)49-31-36(34-14-5-2-6-15-34)25-28-40(49)45-20-11-21-46(48(39)30-35)53(45)52(43)44/h1-32H. The van der Waals surface area contributed by atoms with Gasteiger partial charge in [-0.2, -0.15) is 0 Å². The third-order valence-electron chi connectivity index (χ3n) is 11.8. The van der Waals surface area contributed by atoms with Gasteiger partial charge in [0.05, 0.1) is 0 Å². The first-order valence-electron chi connectivity index (χ1n) is 19.0. The maximum absolute atomic E-state index is 2.47. The van der Waals surface area contributed by atoms with Crippen molar-refractivity contribution in [2.45, 2.75) is 0 Å². The van der Waals surface area contributed by atoms with Crippen molar-refractivity contribution in [2.75, 3.05) is 0 Å². The molecule has 1 heterocycles. The molecule has 0 unspecified atom stereocenters. The van der Waals surface area contributed by atoms with Crippen LogP contribution >= 0.6 is 11.3 Å². The summed E-state index contributed by atoms with van der Waals surface area (Å²) in [6.45, 7) is 0. The molecule has 0 aliphatic rings. The molecule has 1 aromatic heterocycles. The van der Waals surface area contributed by atoms with Gasteiger partial charge in [-0.25, -0.2) is 0 Å². The Hall–Kier alpha value is -6.80. The molecule has 0 aliphatic carbocycles. The van der Waals surface area contributed by atoms with E-state index in [1.807, 2.05) is 11.3 Å². The highest BCUT2D eigenvalue weighted by atomic mass is 32.1. The number of fused-ring (bicyclic) bond motifs is 11. The minimum absolute atomic E-state index is 1.22. The topological polar surface area (TPSA) is 0 Å². The Morgan fingerprint density at radius 3 is 1.24 bits per heavy atom. The number of thiophene rings is 1. The predicted molar refractivity (Wildman–Crippen MR) is 241 cm³/mol. The van der Waals surface area contributed by atoms with Crippen molar-refractivity contribution in [3.63, 3.8) is 0 Å². The van der Waals surface area contributed by atoms with Crippen molar-refractivity contribution in [2.24, 2.45) is 0 Å². The molecule has 0 bridgehead atoms. The third kappa shape index (κ3) is 4.57. The zero-order valence-electron chi connectivity index (χ0n) is 29.9. The molecule has 0 amide bonds. The summed E-state index contributed by atoms with van der Waals surface area (Å²) in [7, 11) is 0. The molecule has 0 aliphatic heterocycles. The fourth-order valence-corrected chi connectivity index (χ4v) is 10.5. The molecule has 254 valence electrons.